The van der Waals surface area contributed by atoms with Crippen molar-refractivity contribution in [1.29, 1.82) is 0 Å². The number of hydrogen-bond donors (Lipinski definition) is 0. The summed E-state index contributed by atoms with van der Waals surface area (Å²) in [5.41, 5.74) is 15.4. The van der Waals surface area contributed by atoms with Crippen molar-refractivity contribution in [3.8, 4) is 39.1 Å². The van der Waals surface area contributed by atoms with Gasteiger partial charge in [-0.05, 0) is 89.0 Å². The molecule has 3 nitrogen and oxygen atoms in total. The predicted molar refractivity (Wildman–Crippen MR) is 239 cm³/mol. The van der Waals surface area contributed by atoms with Crippen molar-refractivity contribution in [2.24, 2.45) is 0 Å². The van der Waals surface area contributed by atoms with Crippen LogP contribution in [0.3, 0.4) is 0 Å². The maximum atomic E-state index is 6.37. The van der Waals surface area contributed by atoms with Crippen molar-refractivity contribution >= 4 is 60.8 Å². The van der Waals surface area contributed by atoms with E-state index in [1.54, 1.807) is 0 Å². The van der Waals surface area contributed by atoms with Gasteiger partial charge in [0.25, 0.3) is 0 Å². The van der Waals surface area contributed by atoms with E-state index in [1.165, 1.54) is 32.9 Å². The largest absolute Gasteiger partial charge is 0.456 e. The Bertz CT molecular complexity index is 3190. The normalized spacial score (nSPS) is 11.5. The average Bonchev–Trinajstić information content (AvgIpc) is 3.83. The minimum Gasteiger partial charge on any atom is -0.456 e. The summed E-state index contributed by atoms with van der Waals surface area (Å²) >= 11 is 0. The Morgan fingerprint density at radius 2 is 0.930 bits per heavy atom. The highest BCUT2D eigenvalue weighted by molar-refractivity contribution is 6.10. The first-order valence-corrected chi connectivity index (χ1v) is 19.4. The van der Waals surface area contributed by atoms with Gasteiger partial charge in [-0.2, -0.15) is 0 Å². The summed E-state index contributed by atoms with van der Waals surface area (Å²) in [6.07, 6.45) is 0. The molecule has 0 aliphatic rings. The third kappa shape index (κ3) is 5.60. The lowest BCUT2D eigenvalue weighted by molar-refractivity contribution is 0.669. The first kappa shape index (κ1) is 32.8. The number of aromatic nitrogens is 1. The second-order valence-corrected chi connectivity index (χ2v) is 14.5. The van der Waals surface area contributed by atoms with Gasteiger partial charge in [-0.15, -0.1) is 0 Å². The van der Waals surface area contributed by atoms with Crippen LogP contribution < -0.4 is 4.90 Å². The van der Waals surface area contributed by atoms with Crippen LogP contribution in [0.15, 0.2) is 223 Å². The highest BCUT2D eigenvalue weighted by Gasteiger charge is 2.20. The third-order valence-corrected chi connectivity index (χ3v) is 11.2. The molecule has 268 valence electrons. The van der Waals surface area contributed by atoms with Crippen molar-refractivity contribution in [2.45, 2.75) is 0 Å². The molecule has 2 heterocycles. The topological polar surface area (TPSA) is 21.3 Å². The number of furan rings is 1. The maximum absolute atomic E-state index is 6.37. The fourth-order valence-corrected chi connectivity index (χ4v) is 8.57. The molecule has 0 aliphatic carbocycles. The van der Waals surface area contributed by atoms with Crippen LogP contribution in [-0.2, 0) is 0 Å². The van der Waals surface area contributed by atoms with Crippen molar-refractivity contribution in [3.63, 3.8) is 0 Å². The quantitative estimate of drug-likeness (QED) is 0.163. The van der Waals surface area contributed by atoms with Gasteiger partial charge < -0.3 is 13.9 Å². The zero-order valence-corrected chi connectivity index (χ0v) is 31.1. The highest BCUT2D eigenvalue weighted by Crippen LogP contribution is 2.44. The lowest BCUT2D eigenvalue weighted by atomic mass is 9.99. The molecule has 0 unspecified atom stereocenters. The molecule has 0 spiro atoms. The molecule has 9 aromatic carbocycles. The zero-order valence-electron chi connectivity index (χ0n) is 31.1. The highest BCUT2D eigenvalue weighted by atomic mass is 16.3. The Balaban J connectivity index is 1.06. The molecule has 57 heavy (non-hydrogen) atoms. The van der Waals surface area contributed by atoms with Gasteiger partial charge in [0.1, 0.15) is 11.2 Å². The molecule has 11 rings (SSSR count). The first-order valence-electron chi connectivity index (χ1n) is 19.4. The fraction of sp³-hybridized carbons (Fsp3) is 0. The number of rotatable bonds is 7. The van der Waals surface area contributed by atoms with E-state index in [9.17, 15) is 0 Å². The summed E-state index contributed by atoms with van der Waals surface area (Å²) in [6.45, 7) is 0. The van der Waals surface area contributed by atoms with Crippen LogP contribution in [0.2, 0.25) is 0 Å². The van der Waals surface area contributed by atoms with Crippen LogP contribution in [0.25, 0.3) is 82.8 Å². The Morgan fingerprint density at radius 1 is 0.333 bits per heavy atom. The smallest absolute Gasteiger partial charge is 0.136 e. The van der Waals surface area contributed by atoms with Gasteiger partial charge >= 0.3 is 0 Å². The third-order valence-electron chi connectivity index (χ3n) is 11.2. The number of hydrogen-bond acceptors (Lipinski definition) is 2. The second kappa shape index (κ2) is 13.6. The lowest BCUT2D eigenvalue weighted by Gasteiger charge is -2.28. The molecule has 0 aliphatic heterocycles. The average molecular weight is 729 g/mol. The molecule has 0 saturated heterocycles. The van der Waals surface area contributed by atoms with Crippen molar-refractivity contribution in [3.05, 3.63) is 218 Å². The fourth-order valence-electron chi connectivity index (χ4n) is 8.57. The van der Waals surface area contributed by atoms with E-state index in [2.05, 4.69) is 216 Å². The minimum atomic E-state index is 0.882. The van der Waals surface area contributed by atoms with E-state index in [0.29, 0.717) is 0 Å². The monoisotopic (exact) mass is 728 g/mol. The van der Waals surface area contributed by atoms with Crippen LogP contribution in [0.5, 0.6) is 0 Å². The van der Waals surface area contributed by atoms with Gasteiger partial charge in [-0.25, -0.2) is 0 Å². The molecule has 11 aromatic rings. The molecule has 0 radical (unpaired) electrons. The van der Waals surface area contributed by atoms with Crippen molar-refractivity contribution in [2.75, 3.05) is 4.90 Å². The minimum absolute atomic E-state index is 0.882. The van der Waals surface area contributed by atoms with Gasteiger partial charge in [0.05, 0.1) is 22.4 Å². The van der Waals surface area contributed by atoms with E-state index < -0.39 is 0 Å². The lowest BCUT2D eigenvalue weighted by Crippen LogP contribution is -2.11. The number of benzene rings is 9. The van der Waals surface area contributed by atoms with Crippen LogP contribution in [0, 0.1) is 0 Å². The van der Waals surface area contributed by atoms with Gasteiger partial charge in [0.2, 0.25) is 0 Å². The second-order valence-electron chi connectivity index (χ2n) is 14.5. The van der Waals surface area contributed by atoms with Crippen molar-refractivity contribution in [1.82, 2.24) is 4.57 Å². The summed E-state index contributed by atoms with van der Waals surface area (Å²) in [6, 6.07) is 78.1. The van der Waals surface area contributed by atoms with Gasteiger partial charge in [0.15, 0.2) is 0 Å². The van der Waals surface area contributed by atoms with E-state index in [0.717, 1.165) is 66.9 Å². The number of nitrogens with zero attached hydrogens (tertiary/aromatic N) is 2. The van der Waals surface area contributed by atoms with Crippen LogP contribution >= 0.6 is 0 Å². The summed E-state index contributed by atoms with van der Waals surface area (Å²) in [7, 11) is 0. The van der Waals surface area contributed by atoms with Crippen molar-refractivity contribution < 1.29 is 4.42 Å². The van der Waals surface area contributed by atoms with E-state index in [-0.39, 0.29) is 0 Å². The zero-order chi connectivity index (χ0) is 37.7. The number of fused-ring (bicyclic) bond motifs is 6. The van der Waals surface area contributed by atoms with E-state index in [1.807, 2.05) is 12.1 Å². The molecular weight excluding hydrogens is 693 g/mol. The molecule has 0 amide bonds. The predicted octanol–water partition coefficient (Wildman–Crippen LogP) is 15.2. The van der Waals surface area contributed by atoms with Gasteiger partial charge in [-0.1, -0.05) is 152 Å². The van der Waals surface area contributed by atoms with E-state index >= 15 is 0 Å². The van der Waals surface area contributed by atoms with Crippen LogP contribution in [-0.4, -0.2) is 4.57 Å². The molecular formula is C54H36N2O. The molecule has 0 N–H and O–H groups in total. The van der Waals surface area contributed by atoms with Crippen LogP contribution in [0.4, 0.5) is 17.1 Å². The summed E-state index contributed by atoms with van der Waals surface area (Å²) in [4.78, 5) is 2.38. The molecule has 3 heteroatoms. The Labute approximate surface area is 330 Å². The number of para-hydroxylation sites is 5. The molecule has 0 bridgehead atoms. The molecule has 0 atom stereocenters. The summed E-state index contributed by atoms with van der Waals surface area (Å²) in [5, 5.41) is 4.76. The Kier molecular flexibility index (Phi) is 7.82. The first-order chi connectivity index (χ1) is 28.3. The molecule has 0 saturated carbocycles. The summed E-state index contributed by atoms with van der Waals surface area (Å²) < 4.78 is 8.78. The Morgan fingerprint density at radius 3 is 1.72 bits per heavy atom. The number of anilines is 3. The molecule has 0 fully saturated rings. The summed E-state index contributed by atoms with van der Waals surface area (Å²) in [5.74, 6) is 0. The van der Waals surface area contributed by atoms with Gasteiger partial charge in [-0.3, -0.25) is 0 Å². The van der Waals surface area contributed by atoms with Gasteiger partial charge in [0, 0.05) is 44.0 Å². The SMILES string of the molecule is c1ccc(-c2cccc(N(c3ccc(-c4ccccc4-n4c5ccccc5c5ccccc54)cc3)c3ccccc3-c3ccc4c(c3)oc3ccccc34)c2)cc1. The van der Waals surface area contributed by atoms with E-state index in [4.69, 9.17) is 4.42 Å². The Hall–Kier alpha value is -7.62. The maximum Gasteiger partial charge on any atom is 0.136 e. The molecule has 2 aromatic heterocycles. The van der Waals surface area contributed by atoms with Crippen LogP contribution in [0.1, 0.15) is 0 Å². The standard InChI is InChI=1S/C54H36N2O/c1-2-15-37(16-3-1)39-17-14-18-42(35-39)55(49-24-9-5-20-44(49)40-31-34-48-47-23-8-13-28-53(47)57-54(48)36-40)41-32-29-38(30-33-41)43-19-4-10-25-50(43)56-51-26-11-6-21-45(51)46-22-7-12-27-52(46)56/h1-36H.